The molecule has 6 nitrogen and oxygen atoms in total. The lowest BCUT2D eigenvalue weighted by Crippen LogP contribution is -2.06. The van der Waals surface area contributed by atoms with Crippen molar-refractivity contribution in [1.82, 2.24) is 14.8 Å². The van der Waals surface area contributed by atoms with E-state index in [1.54, 1.807) is 6.07 Å². The Hall–Kier alpha value is -2.06. The van der Waals surface area contributed by atoms with E-state index in [-0.39, 0.29) is 5.76 Å². The first-order valence-corrected chi connectivity index (χ1v) is 8.84. The van der Waals surface area contributed by atoms with E-state index in [2.05, 4.69) is 26.1 Å². The molecule has 0 fully saturated rings. The average Bonchev–Trinajstić information content (AvgIpc) is 3.17. The smallest absolute Gasteiger partial charge is 0.199 e. The molecule has 0 saturated heterocycles. The quantitative estimate of drug-likeness (QED) is 0.546. The molecular weight excluding hydrogens is 394 g/mol. The van der Waals surface area contributed by atoms with Crippen molar-refractivity contribution < 1.29 is 13.9 Å². The van der Waals surface area contributed by atoms with Crippen LogP contribution in [0.3, 0.4) is 0 Å². The first kappa shape index (κ1) is 16.8. The molecule has 0 bridgehead atoms. The van der Waals surface area contributed by atoms with Gasteiger partial charge in [0.1, 0.15) is 12.4 Å². The van der Waals surface area contributed by atoms with Crippen LogP contribution in [0.25, 0.3) is 0 Å². The minimum atomic E-state index is 0.263. The lowest BCUT2D eigenvalue weighted by atomic mass is 10.3. The zero-order valence-corrected chi connectivity index (χ0v) is 15.2. The maximum Gasteiger partial charge on any atom is 0.199 e. The maximum atomic E-state index is 10.8. The van der Waals surface area contributed by atoms with Crippen LogP contribution in [0.1, 0.15) is 23.3 Å². The molecule has 8 heteroatoms. The summed E-state index contributed by atoms with van der Waals surface area (Å²) in [5.41, 5.74) is 0. The molecule has 1 aromatic carbocycles. The van der Waals surface area contributed by atoms with Gasteiger partial charge >= 0.3 is 0 Å². The lowest BCUT2D eigenvalue weighted by Gasteiger charge is -2.08. The molecule has 3 aromatic rings. The second-order valence-corrected chi connectivity index (χ2v) is 6.54. The number of furan rings is 1. The van der Waals surface area contributed by atoms with Crippen molar-refractivity contribution in [3.8, 4) is 5.75 Å². The predicted molar refractivity (Wildman–Crippen MR) is 92.4 cm³/mol. The van der Waals surface area contributed by atoms with Gasteiger partial charge in [0.05, 0.1) is 4.47 Å². The van der Waals surface area contributed by atoms with Crippen LogP contribution in [0.2, 0.25) is 0 Å². The number of para-hydroxylation sites is 1. The second kappa shape index (κ2) is 7.67. The number of hydrogen-bond donors (Lipinski definition) is 0. The van der Waals surface area contributed by atoms with Gasteiger partial charge in [-0.05, 0) is 46.7 Å². The van der Waals surface area contributed by atoms with Gasteiger partial charge in [-0.2, -0.15) is 0 Å². The molecule has 0 saturated carbocycles. The van der Waals surface area contributed by atoms with Crippen molar-refractivity contribution in [2.75, 3.05) is 0 Å². The summed E-state index contributed by atoms with van der Waals surface area (Å²) in [6, 6.07) is 11.2. The number of rotatable bonds is 7. The number of carbonyl (C=O) groups is 1. The van der Waals surface area contributed by atoms with Gasteiger partial charge in [-0.15, -0.1) is 10.2 Å². The second-order valence-electron chi connectivity index (χ2n) is 4.75. The highest BCUT2D eigenvalue weighted by Crippen LogP contribution is 2.35. The van der Waals surface area contributed by atoms with Gasteiger partial charge in [0.25, 0.3) is 0 Å². The number of nitrogens with zero attached hydrogens (tertiary/aromatic N) is 3. The molecule has 124 valence electrons. The standard InChI is InChI=1S/C16H14BrN3O3S/c1-2-20-14(10-22-11-6-4-3-5-7-11)18-19-16(20)24-15-13(17)8-12(9-21)23-15/h3-9H,2,10H2,1H3. The highest BCUT2D eigenvalue weighted by Gasteiger charge is 2.17. The molecule has 0 amide bonds. The Balaban J connectivity index is 1.76. The van der Waals surface area contributed by atoms with Crippen molar-refractivity contribution in [2.45, 2.75) is 30.3 Å². The predicted octanol–water partition coefficient (Wildman–Crippen LogP) is 4.20. The number of carbonyl (C=O) groups excluding carboxylic acids is 1. The summed E-state index contributed by atoms with van der Waals surface area (Å²) in [4.78, 5) is 10.8. The van der Waals surface area contributed by atoms with E-state index in [1.165, 1.54) is 11.8 Å². The summed E-state index contributed by atoms with van der Waals surface area (Å²) in [5, 5.41) is 9.63. The van der Waals surface area contributed by atoms with E-state index in [1.807, 2.05) is 41.8 Å². The topological polar surface area (TPSA) is 70.2 Å². The number of benzene rings is 1. The van der Waals surface area contributed by atoms with Gasteiger partial charge in [0.15, 0.2) is 28.1 Å². The fraction of sp³-hybridized carbons (Fsp3) is 0.188. The summed E-state index contributed by atoms with van der Waals surface area (Å²) in [6.45, 7) is 3.03. The summed E-state index contributed by atoms with van der Waals surface area (Å²) < 4.78 is 13.8. The molecule has 0 spiro atoms. The van der Waals surface area contributed by atoms with Gasteiger partial charge in [-0.3, -0.25) is 4.79 Å². The molecule has 0 aliphatic heterocycles. The maximum absolute atomic E-state index is 10.8. The lowest BCUT2D eigenvalue weighted by molar-refractivity contribution is 0.109. The Morgan fingerprint density at radius 1 is 1.33 bits per heavy atom. The third-order valence-electron chi connectivity index (χ3n) is 3.20. The van der Waals surface area contributed by atoms with Crippen LogP contribution in [0.5, 0.6) is 5.75 Å². The van der Waals surface area contributed by atoms with Gasteiger partial charge in [0.2, 0.25) is 0 Å². The van der Waals surface area contributed by atoms with Gasteiger partial charge in [0, 0.05) is 12.6 Å². The van der Waals surface area contributed by atoms with Crippen molar-refractivity contribution in [3.05, 3.63) is 52.5 Å². The van der Waals surface area contributed by atoms with Gasteiger partial charge in [-0.25, -0.2) is 0 Å². The summed E-state index contributed by atoms with van der Waals surface area (Å²) in [5.74, 6) is 1.77. The third kappa shape index (κ3) is 3.70. The van der Waals surface area contributed by atoms with Crippen molar-refractivity contribution in [1.29, 1.82) is 0 Å². The molecule has 0 aliphatic rings. The fourth-order valence-corrected chi connectivity index (χ4v) is 3.50. The van der Waals surface area contributed by atoms with Crippen molar-refractivity contribution >= 4 is 34.0 Å². The van der Waals surface area contributed by atoms with Crippen LogP contribution in [0.4, 0.5) is 0 Å². The molecule has 0 unspecified atom stereocenters. The largest absolute Gasteiger partial charge is 0.486 e. The minimum Gasteiger partial charge on any atom is -0.486 e. The number of halogens is 1. The van der Waals surface area contributed by atoms with Crippen molar-refractivity contribution in [3.63, 3.8) is 0 Å². The molecule has 0 N–H and O–H groups in total. The Labute approximate surface area is 151 Å². The third-order valence-corrected chi connectivity index (χ3v) is 5.02. The summed E-state index contributed by atoms with van der Waals surface area (Å²) >= 11 is 4.68. The molecular formula is C16H14BrN3O3S. The van der Waals surface area contributed by atoms with E-state index in [0.29, 0.717) is 34.2 Å². The van der Waals surface area contributed by atoms with Crippen LogP contribution in [0, 0.1) is 0 Å². The molecule has 24 heavy (non-hydrogen) atoms. The monoisotopic (exact) mass is 407 g/mol. The molecule has 2 heterocycles. The molecule has 2 aromatic heterocycles. The average molecular weight is 408 g/mol. The number of aromatic nitrogens is 3. The van der Waals surface area contributed by atoms with Gasteiger partial charge in [-0.1, -0.05) is 18.2 Å². The van der Waals surface area contributed by atoms with Crippen LogP contribution >= 0.6 is 27.7 Å². The van der Waals surface area contributed by atoms with E-state index < -0.39 is 0 Å². The normalized spacial score (nSPS) is 10.8. The zero-order valence-electron chi connectivity index (χ0n) is 12.8. The van der Waals surface area contributed by atoms with E-state index in [0.717, 1.165) is 11.6 Å². The highest BCUT2D eigenvalue weighted by atomic mass is 79.9. The molecule has 0 atom stereocenters. The zero-order chi connectivity index (χ0) is 16.9. The summed E-state index contributed by atoms with van der Waals surface area (Å²) in [6.07, 6.45) is 0.665. The van der Waals surface area contributed by atoms with Crippen molar-refractivity contribution in [2.24, 2.45) is 0 Å². The van der Waals surface area contributed by atoms with Gasteiger partial charge < -0.3 is 13.7 Å². The molecule has 0 radical (unpaired) electrons. The van der Waals surface area contributed by atoms with E-state index in [4.69, 9.17) is 9.15 Å². The minimum absolute atomic E-state index is 0.263. The summed E-state index contributed by atoms with van der Waals surface area (Å²) in [7, 11) is 0. The van der Waals surface area contributed by atoms with E-state index >= 15 is 0 Å². The van der Waals surface area contributed by atoms with Crippen LogP contribution in [0.15, 0.2) is 55.5 Å². The fourth-order valence-electron chi connectivity index (χ4n) is 2.06. The molecule has 0 aliphatic carbocycles. The molecule has 3 rings (SSSR count). The first-order chi connectivity index (χ1) is 11.7. The Morgan fingerprint density at radius 2 is 2.12 bits per heavy atom. The first-order valence-electron chi connectivity index (χ1n) is 7.23. The number of ether oxygens (including phenoxy) is 1. The Morgan fingerprint density at radius 3 is 2.79 bits per heavy atom. The van der Waals surface area contributed by atoms with Crippen LogP contribution in [-0.4, -0.2) is 21.1 Å². The Kier molecular flexibility index (Phi) is 5.37. The number of aldehydes is 1. The van der Waals surface area contributed by atoms with Crippen LogP contribution < -0.4 is 4.74 Å². The van der Waals surface area contributed by atoms with E-state index in [9.17, 15) is 4.79 Å². The van der Waals surface area contributed by atoms with Crippen LogP contribution in [-0.2, 0) is 13.2 Å². The Bertz CT molecular complexity index is 832. The highest BCUT2D eigenvalue weighted by molar-refractivity contribution is 9.10. The SMILES string of the molecule is CCn1c(COc2ccccc2)nnc1Sc1oc(C=O)cc1Br. The number of hydrogen-bond acceptors (Lipinski definition) is 6.